The van der Waals surface area contributed by atoms with Gasteiger partial charge in [0.15, 0.2) is 5.65 Å². The molecule has 4 nitrogen and oxygen atoms in total. The lowest BCUT2D eigenvalue weighted by Gasteiger charge is -2.14. The number of H-pyrrole nitrogens is 1. The van der Waals surface area contributed by atoms with Crippen LogP contribution in [-0.2, 0) is 12.8 Å². The third-order valence-electron chi connectivity index (χ3n) is 2.72. The van der Waals surface area contributed by atoms with Gasteiger partial charge in [-0.2, -0.15) is 5.10 Å². The van der Waals surface area contributed by atoms with Crippen LogP contribution in [-0.4, -0.2) is 19.8 Å². The molecule has 0 spiro atoms. The van der Waals surface area contributed by atoms with Gasteiger partial charge < -0.3 is 0 Å². The Morgan fingerprint density at radius 2 is 2.21 bits per heavy atom. The average Bonchev–Trinajstić information content (AvgIpc) is 2.66. The number of nitrogens with zero attached hydrogens (tertiary/aromatic N) is 3. The van der Waals surface area contributed by atoms with E-state index in [-0.39, 0.29) is 0 Å². The molecule has 3 rings (SSSR count). The second-order valence-corrected chi connectivity index (χ2v) is 3.99. The van der Waals surface area contributed by atoms with Crippen LogP contribution in [0.25, 0.3) is 5.65 Å². The van der Waals surface area contributed by atoms with E-state index >= 15 is 0 Å². The van der Waals surface area contributed by atoms with Gasteiger partial charge in [-0.1, -0.05) is 12.2 Å². The number of hydrogen-bond acceptors (Lipinski definition) is 3. The van der Waals surface area contributed by atoms with Gasteiger partial charge in [0, 0.05) is 11.3 Å². The molecular weight excluding hydrogens is 196 g/mol. The molecule has 2 aromatic heterocycles. The molecule has 0 saturated heterocycles. The molecule has 0 saturated carbocycles. The molecule has 0 fully saturated rings. The molecule has 0 aromatic carbocycles. The number of fused-ring (bicyclic) bond motifs is 2. The predicted octanol–water partition coefficient (Wildman–Crippen LogP) is 1.67. The first-order valence-corrected chi connectivity index (χ1v) is 5.21. The van der Waals surface area contributed by atoms with Gasteiger partial charge in [0.1, 0.15) is 4.64 Å². The number of rotatable bonds is 0. The third kappa shape index (κ3) is 1.02. The summed E-state index contributed by atoms with van der Waals surface area (Å²) in [6.07, 6.45) is 6.27. The van der Waals surface area contributed by atoms with Crippen LogP contribution in [0.15, 0.2) is 6.20 Å². The van der Waals surface area contributed by atoms with Gasteiger partial charge in [-0.3, -0.25) is 0 Å². The van der Waals surface area contributed by atoms with Crippen molar-refractivity contribution in [1.82, 2.24) is 19.8 Å². The van der Waals surface area contributed by atoms with E-state index < -0.39 is 0 Å². The Balaban J connectivity index is 2.42. The first-order valence-electron chi connectivity index (χ1n) is 4.80. The largest absolute Gasteiger partial charge is 0.232 e. The fourth-order valence-electron chi connectivity index (χ4n) is 2.00. The summed E-state index contributed by atoms with van der Waals surface area (Å²) in [5.41, 5.74) is 3.23. The van der Waals surface area contributed by atoms with Crippen LogP contribution in [0.2, 0.25) is 0 Å². The highest BCUT2D eigenvalue weighted by Gasteiger charge is 2.14. The Labute approximate surface area is 86.0 Å². The minimum atomic E-state index is 0.829. The molecule has 0 amide bonds. The number of aromatic nitrogens is 4. The Kier molecular flexibility index (Phi) is 1.67. The van der Waals surface area contributed by atoms with Crippen LogP contribution < -0.4 is 0 Å². The maximum atomic E-state index is 5.39. The summed E-state index contributed by atoms with van der Waals surface area (Å²) in [7, 11) is 0. The molecule has 1 aliphatic rings. The first kappa shape index (κ1) is 8.11. The van der Waals surface area contributed by atoms with Gasteiger partial charge in [0.05, 0.1) is 6.20 Å². The summed E-state index contributed by atoms with van der Waals surface area (Å²) in [5, 5.41) is 6.78. The zero-order chi connectivity index (χ0) is 9.54. The van der Waals surface area contributed by atoms with Crippen LogP contribution >= 0.6 is 12.2 Å². The van der Waals surface area contributed by atoms with Crippen molar-refractivity contribution in [1.29, 1.82) is 0 Å². The van der Waals surface area contributed by atoms with Crippen molar-refractivity contribution in [2.75, 3.05) is 0 Å². The van der Waals surface area contributed by atoms with E-state index in [0.717, 1.165) is 23.1 Å². The molecule has 5 heteroatoms. The van der Waals surface area contributed by atoms with E-state index in [9.17, 15) is 0 Å². The zero-order valence-corrected chi connectivity index (χ0v) is 8.47. The number of nitrogens with one attached hydrogen (secondary N) is 1. The summed E-state index contributed by atoms with van der Waals surface area (Å²) >= 11 is 5.39. The highest BCUT2D eigenvalue weighted by Crippen LogP contribution is 2.20. The summed E-state index contributed by atoms with van der Waals surface area (Å²) in [6.45, 7) is 0. The third-order valence-corrected chi connectivity index (χ3v) is 3.15. The Morgan fingerprint density at radius 1 is 1.36 bits per heavy atom. The van der Waals surface area contributed by atoms with E-state index in [0.29, 0.717) is 0 Å². The highest BCUT2D eigenvalue weighted by molar-refractivity contribution is 7.71. The Bertz CT molecular complexity index is 539. The second kappa shape index (κ2) is 2.88. The lowest BCUT2D eigenvalue weighted by molar-refractivity contribution is 0.654. The molecule has 1 aliphatic carbocycles. The molecule has 2 aromatic rings. The Morgan fingerprint density at radius 3 is 3.14 bits per heavy atom. The minimum Gasteiger partial charge on any atom is -0.232 e. The lowest BCUT2D eigenvalue weighted by Crippen LogP contribution is -2.09. The van der Waals surface area contributed by atoms with Crippen LogP contribution in [0.5, 0.6) is 0 Å². The summed E-state index contributed by atoms with van der Waals surface area (Å²) in [6, 6.07) is 0. The minimum absolute atomic E-state index is 0.829. The summed E-state index contributed by atoms with van der Waals surface area (Å²) in [5.74, 6) is 0. The fourth-order valence-corrected chi connectivity index (χ4v) is 2.35. The molecule has 72 valence electrons. The number of aromatic amines is 1. The van der Waals surface area contributed by atoms with Crippen LogP contribution in [0.3, 0.4) is 0 Å². The molecular formula is C9H10N4S. The normalized spacial score (nSPS) is 15.7. The molecule has 0 unspecified atom stereocenters. The van der Waals surface area contributed by atoms with Gasteiger partial charge in [-0.05, 0) is 25.7 Å². The van der Waals surface area contributed by atoms with Gasteiger partial charge >= 0.3 is 0 Å². The summed E-state index contributed by atoms with van der Waals surface area (Å²) in [4.78, 5) is 4.54. The number of hydrogen-bond donors (Lipinski definition) is 1. The molecule has 2 heterocycles. The number of aryl methyl sites for hydroxylation is 1. The summed E-state index contributed by atoms with van der Waals surface area (Å²) < 4.78 is 2.63. The van der Waals surface area contributed by atoms with Crippen molar-refractivity contribution in [3.8, 4) is 0 Å². The predicted molar refractivity (Wildman–Crippen MR) is 54.8 cm³/mol. The first-order chi connectivity index (χ1) is 6.86. The van der Waals surface area contributed by atoms with Crippen molar-refractivity contribution < 1.29 is 0 Å². The van der Waals surface area contributed by atoms with Crippen LogP contribution in [0.4, 0.5) is 0 Å². The molecule has 0 atom stereocenters. The average molecular weight is 206 g/mol. The zero-order valence-electron chi connectivity index (χ0n) is 7.66. The van der Waals surface area contributed by atoms with E-state index in [1.54, 1.807) is 10.7 Å². The Hall–Kier alpha value is -1.23. The highest BCUT2D eigenvalue weighted by atomic mass is 32.1. The van der Waals surface area contributed by atoms with Crippen molar-refractivity contribution >= 4 is 17.9 Å². The van der Waals surface area contributed by atoms with Crippen molar-refractivity contribution in [2.45, 2.75) is 25.7 Å². The van der Waals surface area contributed by atoms with Gasteiger partial charge in [-0.25, -0.2) is 14.7 Å². The lowest BCUT2D eigenvalue weighted by atomic mass is 9.97. The maximum absolute atomic E-state index is 5.39. The molecule has 14 heavy (non-hydrogen) atoms. The second-order valence-electron chi connectivity index (χ2n) is 3.60. The van der Waals surface area contributed by atoms with Crippen LogP contribution in [0.1, 0.15) is 24.1 Å². The van der Waals surface area contributed by atoms with E-state index in [2.05, 4.69) is 15.3 Å². The maximum Gasteiger partial charge on any atom is 0.174 e. The van der Waals surface area contributed by atoms with E-state index in [1.165, 1.54) is 24.1 Å². The van der Waals surface area contributed by atoms with Gasteiger partial charge in [-0.15, -0.1) is 0 Å². The van der Waals surface area contributed by atoms with Crippen molar-refractivity contribution in [3.05, 3.63) is 22.1 Å². The quantitative estimate of drug-likeness (QED) is 0.667. The van der Waals surface area contributed by atoms with Gasteiger partial charge in [0.25, 0.3) is 0 Å². The molecule has 0 radical (unpaired) electrons. The topological polar surface area (TPSA) is 46.0 Å². The van der Waals surface area contributed by atoms with Crippen LogP contribution in [0, 0.1) is 4.64 Å². The van der Waals surface area contributed by atoms with E-state index in [4.69, 9.17) is 12.2 Å². The monoisotopic (exact) mass is 206 g/mol. The smallest absolute Gasteiger partial charge is 0.174 e. The van der Waals surface area contributed by atoms with E-state index in [1.807, 2.05) is 0 Å². The standard InChI is InChI=1S/C9H10N4S/c14-9-6-3-1-2-4-7(6)11-8-5-10-12-13(8)9/h5,12H,1-4H2. The molecule has 0 bridgehead atoms. The van der Waals surface area contributed by atoms with Crippen molar-refractivity contribution in [3.63, 3.8) is 0 Å². The van der Waals surface area contributed by atoms with Crippen molar-refractivity contribution in [2.24, 2.45) is 0 Å². The fraction of sp³-hybridized carbons (Fsp3) is 0.444. The van der Waals surface area contributed by atoms with Gasteiger partial charge in [0.2, 0.25) is 0 Å². The SMILES string of the molecule is S=c1c2c(nc3cn[nH]n13)CCCC2. The molecule has 0 aliphatic heterocycles. The molecule has 1 N–H and O–H groups in total.